The molecule has 0 saturated carbocycles. The molecule has 13 nitrogen and oxygen atoms in total. The first-order valence-electron chi connectivity index (χ1n) is 12.2. The van der Waals surface area contributed by atoms with Crippen molar-refractivity contribution in [1.82, 2.24) is 21.3 Å². The lowest BCUT2D eigenvalue weighted by Crippen LogP contribution is -2.45. The van der Waals surface area contributed by atoms with Gasteiger partial charge in [0.2, 0.25) is 11.8 Å². The molecule has 0 aliphatic rings. The molecule has 14 heteroatoms. The van der Waals surface area contributed by atoms with Gasteiger partial charge < -0.3 is 30.7 Å². The van der Waals surface area contributed by atoms with Crippen LogP contribution in [-0.2, 0) is 33.4 Å². The summed E-state index contributed by atoms with van der Waals surface area (Å²) in [6.07, 6.45) is 1.41. The maximum absolute atomic E-state index is 12.7. The first kappa shape index (κ1) is 34.4. The Morgan fingerprint density at radius 3 is 1.46 bits per heavy atom. The molecule has 0 heterocycles. The second kappa shape index (κ2) is 16.3. The van der Waals surface area contributed by atoms with E-state index in [1.807, 2.05) is 0 Å². The standard InChI is InChI=1S/C23H44N4O9S/c1-22(2,3)35-20(30)26-14-12-24-18(28)17(11-9-8-10-16-34-37(7,32)33)19(29)25-13-15-27-21(31)36-23(4,5)6/h17H,8-16H2,1-7H3,(H,24,28)(H,25,29)(H,26,30)(H,27,31). The normalized spacial score (nSPS) is 12.0. The highest BCUT2D eigenvalue weighted by Gasteiger charge is 2.26. The van der Waals surface area contributed by atoms with Gasteiger partial charge >= 0.3 is 12.2 Å². The number of nitrogens with one attached hydrogen (secondary N) is 4. The molecule has 0 unspecified atom stereocenters. The van der Waals surface area contributed by atoms with Crippen molar-refractivity contribution in [2.75, 3.05) is 39.0 Å². The van der Waals surface area contributed by atoms with Gasteiger partial charge in [-0.3, -0.25) is 13.8 Å². The van der Waals surface area contributed by atoms with Crippen molar-refractivity contribution in [2.24, 2.45) is 5.92 Å². The Morgan fingerprint density at radius 2 is 1.08 bits per heavy atom. The van der Waals surface area contributed by atoms with E-state index < -0.39 is 51.2 Å². The van der Waals surface area contributed by atoms with Crippen LogP contribution in [-0.4, -0.2) is 82.7 Å². The maximum atomic E-state index is 12.7. The molecule has 0 saturated heterocycles. The molecule has 4 amide bonds. The van der Waals surface area contributed by atoms with Crippen molar-refractivity contribution in [3.63, 3.8) is 0 Å². The van der Waals surface area contributed by atoms with E-state index in [-0.39, 0.29) is 39.2 Å². The maximum Gasteiger partial charge on any atom is 0.407 e. The van der Waals surface area contributed by atoms with Crippen molar-refractivity contribution in [2.45, 2.75) is 78.4 Å². The van der Waals surface area contributed by atoms with Gasteiger partial charge in [0.05, 0.1) is 12.9 Å². The molecule has 216 valence electrons. The van der Waals surface area contributed by atoms with Crippen LogP contribution in [0.25, 0.3) is 0 Å². The van der Waals surface area contributed by atoms with Crippen molar-refractivity contribution >= 4 is 34.1 Å². The second-order valence-electron chi connectivity index (χ2n) is 10.4. The average Bonchev–Trinajstić information content (AvgIpc) is 2.70. The summed E-state index contributed by atoms with van der Waals surface area (Å²) in [4.78, 5) is 48.8. The Balaban J connectivity index is 4.71. The minimum atomic E-state index is -3.52. The van der Waals surface area contributed by atoms with E-state index >= 15 is 0 Å². The average molecular weight is 553 g/mol. The van der Waals surface area contributed by atoms with Gasteiger partial charge in [0, 0.05) is 26.2 Å². The van der Waals surface area contributed by atoms with Crippen LogP contribution in [0, 0.1) is 5.92 Å². The van der Waals surface area contributed by atoms with Gasteiger partial charge in [-0.1, -0.05) is 12.8 Å². The molecule has 0 radical (unpaired) electrons. The summed E-state index contributed by atoms with van der Waals surface area (Å²) in [5, 5.41) is 10.3. The number of hydrogen-bond acceptors (Lipinski definition) is 9. The largest absolute Gasteiger partial charge is 0.444 e. The van der Waals surface area contributed by atoms with Crippen molar-refractivity contribution in [3.8, 4) is 0 Å². The fourth-order valence-electron chi connectivity index (χ4n) is 2.79. The van der Waals surface area contributed by atoms with E-state index in [0.717, 1.165) is 6.26 Å². The van der Waals surface area contributed by atoms with Crippen molar-refractivity contribution in [1.29, 1.82) is 0 Å². The van der Waals surface area contributed by atoms with Gasteiger partial charge in [-0.25, -0.2) is 9.59 Å². The predicted octanol–water partition coefficient (Wildman–Crippen LogP) is 1.42. The monoisotopic (exact) mass is 552 g/mol. The van der Waals surface area contributed by atoms with Crippen LogP contribution in [0.5, 0.6) is 0 Å². The van der Waals surface area contributed by atoms with Gasteiger partial charge in [0.15, 0.2) is 0 Å². The highest BCUT2D eigenvalue weighted by molar-refractivity contribution is 7.85. The Hall–Kier alpha value is -2.61. The highest BCUT2D eigenvalue weighted by Crippen LogP contribution is 2.12. The minimum Gasteiger partial charge on any atom is -0.444 e. The van der Waals surface area contributed by atoms with Crippen LogP contribution in [0.1, 0.15) is 67.2 Å². The van der Waals surface area contributed by atoms with E-state index in [2.05, 4.69) is 25.5 Å². The molecule has 4 N–H and O–H groups in total. The van der Waals surface area contributed by atoms with Crippen LogP contribution in [0.4, 0.5) is 9.59 Å². The Kier molecular flexibility index (Phi) is 15.1. The SMILES string of the molecule is CC(C)(C)OC(=O)NCCNC(=O)C(CCCCCOS(C)(=O)=O)C(=O)NCCNC(=O)OC(C)(C)C. The van der Waals surface area contributed by atoms with Crippen LogP contribution in [0.15, 0.2) is 0 Å². The van der Waals surface area contributed by atoms with Crippen molar-refractivity contribution in [3.05, 3.63) is 0 Å². The molecule has 0 aliphatic heterocycles. The zero-order valence-corrected chi connectivity index (χ0v) is 23.8. The van der Waals surface area contributed by atoms with E-state index in [1.165, 1.54) is 0 Å². The van der Waals surface area contributed by atoms with Crippen LogP contribution >= 0.6 is 0 Å². The summed E-state index contributed by atoms with van der Waals surface area (Å²) in [6.45, 7) is 10.8. The molecule has 0 bridgehead atoms. The molecule has 0 aromatic carbocycles. The molecule has 0 spiro atoms. The number of amides is 4. The van der Waals surface area contributed by atoms with E-state index in [0.29, 0.717) is 19.3 Å². The highest BCUT2D eigenvalue weighted by atomic mass is 32.2. The number of hydrogen-bond donors (Lipinski definition) is 4. The fourth-order valence-corrected chi connectivity index (χ4v) is 3.21. The third kappa shape index (κ3) is 21.2. The van der Waals surface area contributed by atoms with E-state index in [1.54, 1.807) is 41.5 Å². The summed E-state index contributed by atoms with van der Waals surface area (Å²) in [5.41, 5.74) is -1.30. The van der Waals surface area contributed by atoms with E-state index in [4.69, 9.17) is 9.47 Å². The zero-order chi connectivity index (χ0) is 28.7. The van der Waals surface area contributed by atoms with Crippen LogP contribution < -0.4 is 21.3 Å². The molecule has 0 aliphatic carbocycles. The number of carbonyl (C=O) groups is 4. The Labute approximate surface area is 220 Å². The Morgan fingerprint density at radius 1 is 0.676 bits per heavy atom. The molecule has 0 aromatic heterocycles. The summed E-state index contributed by atoms with van der Waals surface area (Å²) in [6, 6.07) is 0. The predicted molar refractivity (Wildman–Crippen MR) is 137 cm³/mol. The molecule has 0 fully saturated rings. The first-order chi connectivity index (χ1) is 16.9. The molecule has 0 aromatic rings. The molecule has 37 heavy (non-hydrogen) atoms. The number of alkyl carbamates (subject to hydrolysis) is 2. The topological polar surface area (TPSA) is 178 Å². The molecule has 0 atom stereocenters. The van der Waals surface area contributed by atoms with Crippen molar-refractivity contribution < 1.29 is 41.3 Å². The first-order valence-corrected chi connectivity index (χ1v) is 14.0. The summed E-state index contributed by atoms with van der Waals surface area (Å²) in [7, 11) is -3.52. The van der Waals surface area contributed by atoms with Crippen LogP contribution in [0.3, 0.4) is 0 Å². The smallest absolute Gasteiger partial charge is 0.407 e. The summed E-state index contributed by atoms with van der Waals surface area (Å²) in [5.74, 6) is -2.05. The van der Waals surface area contributed by atoms with Gasteiger partial charge in [-0.05, 0) is 54.4 Å². The zero-order valence-electron chi connectivity index (χ0n) is 23.0. The van der Waals surface area contributed by atoms with Gasteiger partial charge in [-0.15, -0.1) is 0 Å². The molecular formula is C23H44N4O9S. The van der Waals surface area contributed by atoms with E-state index in [9.17, 15) is 27.6 Å². The lowest BCUT2D eigenvalue weighted by Gasteiger charge is -2.20. The minimum absolute atomic E-state index is 0.0224. The lowest BCUT2D eigenvalue weighted by molar-refractivity contribution is -0.135. The van der Waals surface area contributed by atoms with Gasteiger partial charge in [0.25, 0.3) is 10.1 Å². The van der Waals surface area contributed by atoms with Gasteiger partial charge in [0.1, 0.15) is 17.1 Å². The lowest BCUT2D eigenvalue weighted by atomic mass is 9.99. The number of ether oxygens (including phenoxy) is 2. The van der Waals surface area contributed by atoms with Gasteiger partial charge in [-0.2, -0.15) is 8.42 Å². The third-order valence-electron chi connectivity index (χ3n) is 4.25. The molecular weight excluding hydrogens is 508 g/mol. The number of unbranched alkanes of at least 4 members (excludes halogenated alkanes) is 2. The summed E-state index contributed by atoms with van der Waals surface area (Å²) < 4.78 is 37.0. The fraction of sp³-hybridized carbons (Fsp3) is 0.826. The number of rotatable bonds is 15. The summed E-state index contributed by atoms with van der Waals surface area (Å²) >= 11 is 0. The van der Waals surface area contributed by atoms with Crippen LogP contribution in [0.2, 0.25) is 0 Å². The Bertz CT molecular complexity index is 801. The number of carbonyl (C=O) groups excluding carboxylic acids is 4. The quantitative estimate of drug-likeness (QED) is 0.133. The molecule has 0 rings (SSSR count). The third-order valence-corrected chi connectivity index (χ3v) is 4.85. The second-order valence-corrected chi connectivity index (χ2v) is 12.0.